The van der Waals surface area contributed by atoms with Crippen LogP contribution in [0, 0.1) is 6.92 Å². The first-order valence-corrected chi connectivity index (χ1v) is 6.29. The van der Waals surface area contributed by atoms with E-state index in [1.54, 1.807) is 0 Å². The molecule has 0 saturated carbocycles. The highest BCUT2D eigenvalue weighted by atomic mass is 16.5. The molecule has 2 heterocycles. The quantitative estimate of drug-likeness (QED) is 0.868. The summed E-state index contributed by atoms with van der Waals surface area (Å²) in [4.78, 5) is 0. The molecule has 0 aromatic carbocycles. The smallest absolute Gasteiger partial charge is 0.115 e. The SMILES string of the molecule is CCNC(C1=CCCCO1)c1cc(C)nn1C. The Morgan fingerprint density at radius 3 is 2.94 bits per heavy atom. The van der Waals surface area contributed by atoms with Gasteiger partial charge in [0.15, 0.2) is 0 Å². The molecule has 1 unspecified atom stereocenters. The molecule has 0 radical (unpaired) electrons. The first kappa shape index (κ1) is 12.2. The summed E-state index contributed by atoms with van der Waals surface area (Å²) in [5, 5.41) is 7.87. The van der Waals surface area contributed by atoms with Crippen LogP contribution < -0.4 is 5.32 Å². The van der Waals surface area contributed by atoms with Gasteiger partial charge >= 0.3 is 0 Å². The molecule has 94 valence electrons. The molecule has 2 rings (SSSR count). The Kier molecular flexibility index (Phi) is 3.84. The van der Waals surface area contributed by atoms with Gasteiger partial charge in [-0.05, 0) is 38.5 Å². The van der Waals surface area contributed by atoms with Gasteiger partial charge in [0.25, 0.3) is 0 Å². The van der Waals surface area contributed by atoms with E-state index in [1.165, 1.54) is 0 Å². The third kappa shape index (κ3) is 2.69. The van der Waals surface area contributed by atoms with Gasteiger partial charge in [-0.25, -0.2) is 0 Å². The summed E-state index contributed by atoms with van der Waals surface area (Å²) in [5.41, 5.74) is 2.21. The summed E-state index contributed by atoms with van der Waals surface area (Å²) in [6.07, 6.45) is 4.42. The lowest BCUT2D eigenvalue weighted by Crippen LogP contribution is -2.27. The van der Waals surface area contributed by atoms with Crippen molar-refractivity contribution in [1.29, 1.82) is 0 Å². The van der Waals surface area contributed by atoms with Gasteiger partial charge in [0.05, 0.1) is 18.0 Å². The number of aromatic nitrogens is 2. The lowest BCUT2D eigenvalue weighted by molar-refractivity contribution is 0.166. The van der Waals surface area contributed by atoms with Crippen molar-refractivity contribution < 1.29 is 4.74 Å². The van der Waals surface area contributed by atoms with Crippen LogP contribution in [0.2, 0.25) is 0 Å². The maximum Gasteiger partial charge on any atom is 0.115 e. The predicted molar refractivity (Wildman–Crippen MR) is 67.6 cm³/mol. The van der Waals surface area contributed by atoms with Gasteiger partial charge in [-0.2, -0.15) is 5.10 Å². The maximum absolute atomic E-state index is 5.77. The Labute approximate surface area is 103 Å². The second-order valence-electron chi connectivity index (χ2n) is 4.42. The van der Waals surface area contributed by atoms with Gasteiger partial charge in [-0.15, -0.1) is 0 Å². The fraction of sp³-hybridized carbons (Fsp3) is 0.615. The molecular formula is C13H21N3O. The number of allylic oxidation sites excluding steroid dienone is 1. The number of nitrogens with one attached hydrogen (secondary N) is 1. The van der Waals surface area contributed by atoms with E-state index >= 15 is 0 Å². The molecule has 17 heavy (non-hydrogen) atoms. The van der Waals surface area contributed by atoms with Gasteiger partial charge in [-0.1, -0.05) is 6.92 Å². The Morgan fingerprint density at radius 1 is 1.59 bits per heavy atom. The molecule has 0 saturated heterocycles. The number of hydrogen-bond donors (Lipinski definition) is 1. The minimum absolute atomic E-state index is 0.131. The lowest BCUT2D eigenvalue weighted by Gasteiger charge is -2.24. The van der Waals surface area contributed by atoms with Crippen molar-refractivity contribution >= 4 is 0 Å². The van der Waals surface area contributed by atoms with E-state index in [4.69, 9.17) is 4.74 Å². The first-order valence-electron chi connectivity index (χ1n) is 6.29. The van der Waals surface area contributed by atoms with Crippen molar-refractivity contribution in [3.63, 3.8) is 0 Å². The maximum atomic E-state index is 5.77. The van der Waals surface area contributed by atoms with Crippen molar-refractivity contribution in [1.82, 2.24) is 15.1 Å². The van der Waals surface area contributed by atoms with Gasteiger partial charge in [0, 0.05) is 7.05 Å². The van der Waals surface area contributed by atoms with E-state index in [1.807, 2.05) is 18.7 Å². The molecule has 1 atom stereocenters. The van der Waals surface area contributed by atoms with Crippen molar-refractivity contribution in [2.24, 2.45) is 7.05 Å². The molecule has 4 nitrogen and oxygen atoms in total. The van der Waals surface area contributed by atoms with E-state index < -0.39 is 0 Å². The van der Waals surface area contributed by atoms with Crippen LogP contribution in [0.15, 0.2) is 17.9 Å². The summed E-state index contributed by atoms with van der Waals surface area (Å²) in [7, 11) is 1.98. The number of rotatable bonds is 4. The van der Waals surface area contributed by atoms with E-state index in [2.05, 4.69) is 29.5 Å². The lowest BCUT2D eigenvalue weighted by atomic mass is 10.1. The Hall–Kier alpha value is -1.29. The van der Waals surface area contributed by atoms with Gasteiger partial charge in [0.1, 0.15) is 11.8 Å². The van der Waals surface area contributed by atoms with Crippen LogP contribution in [0.1, 0.15) is 37.2 Å². The average Bonchev–Trinajstić information content (AvgIpc) is 2.66. The van der Waals surface area contributed by atoms with Gasteiger partial charge in [0.2, 0.25) is 0 Å². The first-order chi connectivity index (χ1) is 8.22. The van der Waals surface area contributed by atoms with E-state index in [9.17, 15) is 0 Å². The topological polar surface area (TPSA) is 39.1 Å². The fourth-order valence-electron chi connectivity index (χ4n) is 2.23. The fourth-order valence-corrected chi connectivity index (χ4v) is 2.23. The normalized spacial score (nSPS) is 17.5. The number of ether oxygens (including phenoxy) is 1. The van der Waals surface area contributed by atoms with Crippen LogP contribution in [0.4, 0.5) is 0 Å². The molecule has 1 aromatic heterocycles. The van der Waals surface area contributed by atoms with E-state index in [0.29, 0.717) is 0 Å². The third-order valence-corrected chi connectivity index (χ3v) is 2.99. The number of nitrogens with zero attached hydrogens (tertiary/aromatic N) is 2. The van der Waals surface area contributed by atoms with Crippen molar-refractivity contribution in [3.05, 3.63) is 29.3 Å². The summed E-state index contributed by atoms with van der Waals surface area (Å²) >= 11 is 0. The zero-order chi connectivity index (χ0) is 12.3. The predicted octanol–water partition coefficient (Wildman–Crippen LogP) is 2.07. The molecule has 4 heteroatoms. The summed E-state index contributed by atoms with van der Waals surface area (Å²) in [6.45, 7) is 5.86. The van der Waals surface area contributed by atoms with Gasteiger partial charge in [-0.3, -0.25) is 4.68 Å². The molecule has 1 aliphatic heterocycles. The van der Waals surface area contributed by atoms with E-state index in [-0.39, 0.29) is 6.04 Å². The minimum atomic E-state index is 0.131. The highest BCUT2D eigenvalue weighted by Crippen LogP contribution is 2.26. The third-order valence-electron chi connectivity index (χ3n) is 2.99. The molecule has 1 N–H and O–H groups in total. The largest absolute Gasteiger partial charge is 0.496 e. The highest BCUT2D eigenvalue weighted by molar-refractivity contribution is 5.22. The minimum Gasteiger partial charge on any atom is -0.496 e. The Balaban J connectivity index is 2.27. The second kappa shape index (κ2) is 5.36. The van der Waals surface area contributed by atoms with Gasteiger partial charge < -0.3 is 10.1 Å². The van der Waals surface area contributed by atoms with Crippen molar-refractivity contribution in [2.45, 2.75) is 32.7 Å². The monoisotopic (exact) mass is 235 g/mol. The number of aryl methyl sites for hydroxylation is 2. The Bertz CT molecular complexity index is 409. The summed E-state index contributed by atoms with van der Waals surface area (Å²) in [6, 6.07) is 2.25. The molecule has 0 fully saturated rings. The second-order valence-corrected chi connectivity index (χ2v) is 4.42. The summed E-state index contributed by atoms with van der Waals surface area (Å²) in [5.74, 6) is 1.04. The van der Waals surface area contributed by atoms with Crippen LogP contribution >= 0.6 is 0 Å². The highest BCUT2D eigenvalue weighted by Gasteiger charge is 2.22. The van der Waals surface area contributed by atoms with Crippen LogP contribution in [0.25, 0.3) is 0 Å². The average molecular weight is 235 g/mol. The zero-order valence-electron chi connectivity index (χ0n) is 10.9. The molecule has 0 bridgehead atoms. The standard InChI is InChI=1S/C13H21N3O/c1-4-14-13(12-7-5-6-8-17-12)11-9-10(2)15-16(11)3/h7,9,13-14H,4-6,8H2,1-3H3. The molecule has 0 aliphatic carbocycles. The van der Waals surface area contributed by atoms with Crippen LogP contribution in [0.3, 0.4) is 0 Å². The van der Waals surface area contributed by atoms with Crippen LogP contribution in [-0.4, -0.2) is 22.9 Å². The molecular weight excluding hydrogens is 214 g/mol. The number of hydrogen-bond acceptors (Lipinski definition) is 3. The molecule has 1 aromatic rings. The van der Waals surface area contributed by atoms with Crippen LogP contribution in [-0.2, 0) is 11.8 Å². The number of likely N-dealkylation sites (N-methyl/N-ethyl adjacent to an activating group) is 1. The molecule has 0 amide bonds. The molecule has 1 aliphatic rings. The summed E-state index contributed by atoms with van der Waals surface area (Å²) < 4.78 is 7.70. The Morgan fingerprint density at radius 2 is 2.41 bits per heavy atom. The van der Waals surface area contributed by atoms with E-state index in [0.717, 1.165) is 43.1 Å². The van der Waals surface area contributed by atoms with Crippen molar-refractivity contribution in [3.8, 4) is 0 Å². The zero-order valence-corrected chi connectivity index (χ0v) is 10.9. The van der Waals surface area contributed by atoms with Crippen molar-refractivity contribution in [2.75, 3.05) is 13.2 Å². The van der Waals surface area contributed by atoms with Crippen LogP contribution in [0.5, 0.6) is 0 Å². The molecule has 0 spiro atoms.